The molecule has 0 N–H and O–H groups in total. The van der Waals surface area contributed by atoms with Gasteiger partial charge in [0.2, 0.25) is 0 Å². The molecule has 1 atom stereocenters. The maximum atomic E-state index is 4.94. The molecule has 0 rings (SSSR count). The van der Waals surface area contributed by atoms with Crippen LogP contribution in [0.2, 0.25) is 0 Å². The highest BCUT2D eigenvalue weighted by atomic mass is 16.5. The third-order valence-electron chi connectivity index (χ3n) is 1.25. The molecular formula is C6H13O2. The van der Waals surface area contributed by atoms with E-state index in [-0.39, 0.29) is 6.10 Å². The molecule has 1 unspecified atom stereocenters. The maximum absolute atomic E-state index is 4.94. The Bertz CT molecular complexity index is 46.5. The van der Waals surface area contributed by atoms with Gasteiger partial charge in [0.1, 0.15) is 6.10 Å². The summed E-state index contributed by atoms with van der Waals surface area (Å²) in [5.41, 5.74) is 0. The molecule has 8 heavy (non-hydrogen) atoms. The molecule has 0 spiro atoms. The van der Waals surface area contributed by atoms with E-state index in [1.165, 1.54) is 0 Å². The lowest BCUT2D eigenvalue weighted by Gasteiger charge is -2.14. The van der Waals surface area contributed by atoms with Crippen molar-refractivity contribution in [2.75, 3.05) is 14.2 Å². The highest BCUT2D eigenvalue weighted by molar-refractivity contribution is 4.78. The second-order valence-electron chi connectivity index (χ2n) is 1.69. The van der Waals surface area contributed by atoms with Crippen molar-refractivity contribution in [3.05, 3.63) is 6.10 Å². The highest BCUT2D eigenvalue weighted by Crippen LogP contribution is 2.07. The molecule has 0 bridgehead atoms. The number of ether oxygens (including phenoxy) is 2. The van der Waals surface area contributed by atoms with Crippen molar-refractivity contribution in [1.82, 2.24) is 0 Å². The van der Waals surface area contributed by atoms with E-state index in [1.807, 2.05) is 13.8 Å². The summed E-state index contributed by atoms with van der Waals surface area (Å²) in [6.45, 7) is 3.84. The van der Waals surface area contributed by atoms with Gasteiger partial charge in [0, 0.05) is 14.2 Å². The summed E-state index contributed by atoms with van der Waals surface area (Å²) in [6, 6.07) is 0. The lowest BCUT2D eigenvalue weighted by Crippen LogP contribution is -2.15. The maximum Gasteiger partial charge on any atom is 0.122 e. The smallest absolute Gasteiger partial charge is 0.122 e. The molecule has 0 saturated heterocycles. The Balaban J connectivity index is 3.29. The average Bonchev–Trinajstić information content (AvgIpc) is 1.84. The Labute approximate surface area is 50.8 Å². The fraction of sp³-hybridized carbons (Fsp3) is 0.833. The summed E-state index contributed by atoms with van der Waals surface area (Å²) in [4.78, 5) is 0. The van der Waals surface area contributed by atoms with Crippen molar-refractivity contribution in [2.45, 2.75) is 20.0 Å². The van der Waals surface area contributed by atoms with Gasteiger partial charge in [-0.3, -0.25) is 0 Å². The summed E-state index contributed by atoms with van der Waals surface area (Å²) < 4.78 is 9.84. The lowest BCUT2D eigenvalue weighted by molar-refractivity contribution is 0.0490. The van der Waals surface area contributed by atoms with Gasteiger partial charge in [-0.15, -0.1) is 0 Å². The van der Waals surface area contributed by atoms with Crippen LogP contribution in [0.15, 0.2) is 0 Å². The zero-order valence-corrected chi connectivity index (χ0v) is 5.89. The van der Waals surface area contributed by atoms with E-state index in [2.05, 4.69) is 0 Å². The first-order valence-electron chi connectivity index (χ1n) is 2.62. The molecule has 1 radical (unpaired) electrons. The summed E-state index contributed by atoms with van der Waals surface area (Å²) in [6.07, 6.45) is 1.02. The van der Waals surface area contributed by atoms with Gasteiger partial charge in [0.25, 0.3) is 0 Å². The molecule has 0 saturated carbocycles. The number of methoxy groups -OCH3 is 2. The van der Waals surface area contributed by atoms with Gasteiger partial charge in [0.15, 0.2) is 0 Å². The second kappa shape index (κ2) is 3.87. The largest absolute Gasteiger partial charge is 0.379 e. The van der Waals surface area contributed by atoms with Gasteiger partial charge >= 0.3 is 0 Å². The molecule has 0 aliphatic rings. The molecule has 0 aromatic rings. The lowest BCUT2D eigenvalue weighted by atomic mass is 10.3. The first kappa shape index (κ1) is 7.92. The van der Waals surface area contributed by atoms with Crippen LogP contribution >= 0.6 is 0 Å². The van der Waals surface area contributed by atoms with Crippen LogP contribution in [0, 0.1) is 6.10 Å². The van der Waals surface area contributed by atoms with Crippen molar-refractivity contribution in [1.29, 1.82) is 0 Å². The molecule has 49 valence electrons. The summed E-state index contributed by atoms with van der Waals surface area (Å²) in [5, 5.41) is 0. The molecule has 2 heteroatoms. The molecule has 0 fully saturated rings. The highest BCUT2D eigenvalue weighted by Gasteiger charge is 2.09. The quantitative estimate of drug-likeness (QED) is 0.553. The standard InChI is InChI=1S/C6H13O2/c1-5(7-3)6(2)8-4/h5H,1-4H3. The summed E-state index contributed by atoms with van der Waals surface area (Å²) in [7, 11) is 3.30. The number of hydrogen-bond acceptors (Lipinski definition) is 2. The van der Waals surface area contributed by atoms with Gasteiger partial charge in [-0.2, -0.15) is 0 Å². The summed E-state index contributed by atoms with van der Waals surface area (Å²) >= 11 is 0. The van der Waals surface area contributed by atoms with Gasteiger partial charge in [-0.1, -0.05) is 0 Å². The van der Waals surface area contributed by atoms with Crippen molar-refractivity contribution < 1.29 is 9.47 Å². The van der Waals surface area contributed by atoms with Crippen molar-refractivity contribution >= 4 is 0 Å². The predicted molar refractivity (Wildman–Crippen MR) is 32.4 cm³/mol. The first-order chi connectivity index (χ1) is 3.72. The van der Waals surface area contributed by atoms with Crippen molar-refractivity contribution in [2.24, 2.45) is 0 Å². The third kappa shape index (κ3) is 2.28. The van der Waals surface area contributed by atoms with E-state index in [1.54, 1.807) is 14.2 Å². The molecule has 2 nitrogen and oxygen atoms in total. The van der Waals surface area contributed by atoms with Gasteiger partial charge < -0.3 is 9.47 Å². The Morgan fingerprint density at radius 1 is 1.38 bits per heavy atom. The zero-order chi connectivity index (χ0) is 6.57. The monoisotopic (exact) mass is 117 g/mol. The van der Waals surface area contributed by atoms with Crippen LogP contribution in [0.25, 0.3) is 0 Å². The van der Waals surface area contributed by atoms with Crippen molar-refractivity contribution in [3.63, 3.8) is 0 Å². The summed E-state index contributed by atoms with van der Waals surface area (Å²) in [5.74, 6) is 0. The van der Waals surface area contributed by atoms with Crippen LogP contribution < -0.4 is 0 Å². The fourth-order valence-corrected chi connectivity index (χ4v) is 0.332. The normalized spacial score (nSPS) is 14.6. The van der Waals surface area contributed by atoms with Gasteiger partial charge in [-0.05, 0) is 13.8 Å². The molecular weight excluding hydrogens is 104 g/mol. The Kier molecular flexibility index (Phi) is 3.83. The minimum atomic E-state index is 0.111. The second-order valence-corrected chi connectivity index (χ2v) is 1.69. The van der Waals surface area contributed by atoms with Crippen LogP contribution in [0.3, 0.4) is 0 Å². The SMILES string of the molecule is CO[C](C)C(C)OC. The minimum Gasteiger partial charge on any atom is -0.379 e. The molecule has 0 amide bonds. The van der Waals surface area contributed by atoms with E-state index < -0.39 is 0 Å². The Morgan fingerprint density at radius 2 is 1.88 bits per heavy atom. The zero-order valence-electron chi connectivity index (χ0n) is 5.89. The molecule has 0 aliphatic heterocycles. The molecule has 0 aromatic carbocycles. The van der Waals surface area contributed by atoms with Crippen LogP contribution in [-0.4, -0.2) is 20.3 Å². The van der Waals surface area contributed by atoms with Crippen LogP contribution in [0.4, 0.5) is 0 Å². The van der Waals surface area contributed by atoms with E-state index in [9.17, 15) is 0 Å². The van der Waals surface area contributed by atoms with Gasteiger partial charge in [-0.25, -0.2) is 0 Å². The first-order valence-corrected chi connectivity index (χ1v) is 2.62. The average molecular weight is 117 g/mol. The van der Waals surface area contributed by atoms with Crippen LogP contribution in [0.1, 0.15) is 13.8 Å². The van der Waals surface area contributed by atoms with Crippen LogP contribution in [0.5, 0.6) is 0 Å². The minimum absolute atomic E-state index is 0.111. The van der Waals surface area contributed by atoms with E-state index in [0.29, 0.717) is 0 Å². The van der Waals surface area contributed by atoms with Crippen LogP contribution in [-0.2, 0) is 9.47 Å². The molecule has 0 heterocycles. The molecule has 0 aliphatic carbocycles. The fourth-order valence-electron chi connectivity index (χ4n) is 0.332. The number of hydrogen-bond donors (Lipinski definition) is 0. The predicted octanol–water partition coefficient (Wildman–Crippen LogP) is 1.22. The number of rotatable bonds is 3. The molecule has 0 aromatic heterocycles. The Morgan fingerprint density at radius 3 is 2.00 bits per heavy atom. The van der Waals surface area contributed by atoms with E-state index in [0.717, 1.165) is 6.10 Å². The van der Waals surface area contributed by atoms with Crippen molar-refractivity contribution in [3.8, 4) is 0 Å². The Hall–Kier alpha value is -0.0800. The third-order valence-corrected chi connectivity index (χ3v) is 1.25. The van der Waals surface area contributed by atoms with Gasteiger partial charge in [0.05, 0.1) is 6.10 Å². The van der Waals surface area contributed by atoms with E-state index in [4.69, 9.17) is 9.47 Å². The topological polar surface area (TPSA) is 18.5 Å². The van der Waals surface area contributed by atoms with E-state index >= 15 is 0 Å².